The van der Waals surface area contributed by atoms with E-state index in [4.69, 9.17) is 5.73 Å². The Balaban J connectivity index is 2.21. The summed E-state index contributed by atoms with van der Waals surface area (Å²) in [6.45, 7) is 0. The van der Waals surface area contributed by atoms with Gasteiger partial charge in [0.15, 0.2) is 0 Å². The van der Waals surface area contributed by atoms with E-state index in [1.165, 1.54) is 0 Å². The van der Waals surface area contributed by atoms with Gasteiger partial charge in [-0.25, -0.2) is 9.36 Å². The van der Waals surface area contributed by atoms with Gasteiger partial charge in [-0.3, -0.25) is 0 Å². The Kier molecular flexibility index (Phi) is 2.15. The van der Waals surface area contributed by atoms with Crippen molar-refractivity contribution in [2.24, 2.45) is 7.05 Å². The van der Waals surface area contributed by atoms with Crippen molar-refractivity contribution in [3.05, 3.63) is 28.9 Å². The van der Waals surface area contributed by atoms with Crippen molar-refractivity contribution in [2.45, 2.75) is 0 Å². The molecule has 0 aliphatic heterocycles. The summed E-state index contributed by atoms with van der Waals surface area (Å²) in [6, 6.07) is 7.57. The highest BCUT2D eigenvalue weighted by atomic mass is 79.9. The van der Waals surface area contributed by atoms with Gasteiger partial charge in [0.2, 0.25) is 0 Å². The molecule has 0 radical (unpaired) electrons. The SMILES string of the molecule is Cn1nnc2cc(-n3nc(N)cc3Br)ccc21. The van der Waals surface area contributed by atoms with Crippen molar-refractivity contribution in [3.63, 3.8) is 0 Å². The Bertz CT molecular complexity index is 698. The molecule has 2 N–H and O–H groups in total. The first-order valence-corrected chi connectivity index (χ1v) is 5.75. The highest BCUT2D eigenvalue weighted by Crippen LogP contribution is 2.21. The van der Waals surface area contributed by atoms with Gasteiger partial charge in [0.05, 0.1) is 11.2 Å². The number of fused-ring (bicyclic) bond motifs is 1. The van der Waals surface area contributed by atoms with Crippen LogP contribution in [0.5, 0.6) is 0 Å². The number of hydrogen-bond donors (Lipinski definition) is 1. The fourth-order valence-corrected chi connectivity index (χ4v) is 2.24. The number of nitrogens with two attached hydrogens (primary N) is 1. The van der Waals surface area contributed by atoms with E-state index in [1.807, 2.05) is 25.2 Å². The largest absolute Gasteiger partial charge is 0.382 e. The van der Waals surface area contributed by atoms with Gasteiger partial charge < -0.3 is 5.73 Å². The van der Waals surface area contributed by atoms with E-state index >= 15 is 0 Å². The molecule has 0 bridgehead atoms. The maximum Gasteiger partial charge on any atom is 0.147 e. The topological polar surface area (TPSA) is 74.5 Å². The van der Waals surface area contributed by atoms with Crippen LogP contribution >= 0.6 is 15.9 Å². The van der Waals surface area contributed by atoms with Crippen LogP contribution in [-0.4, -0.2) is 24.8 Å². The lowest BCUT2D eigenvalue weighted by Crippen LogP contribution is -1.98. The number of anilines is 1. The van der Waals surface area contributed by atoms with Crippen LogP contribution in [0.15, 0.2) is 28.9 Å². The number of halogens is 1. The fourth-order valence-electron chi connectivity index (χ4n) is 1.72. The molecule has 7 heteroatoms. The van der Waals surface area contributed by atoms with Gasteiger partial charge in [-0.1, -0.05) is 5.21 Å². The average Bonchev–Trinajstić information content (AvgIpc) is 2.82. The minimum atomic E-state index is 0.469. The van der Waals surface area contributed by atoms with E-state index in [-0.39, 0.29) is 0 Å². The molecule has 0 amide bonds. The van der Waals surface area contributed by atoms with Crippen molar-refractivity contribution in [3.8, 4) is 5.69 Å². The summed E-state index contributed by atoms with van der Waals surface area (Å²) in [5, 5.41) is 12.2. The second-order valence-corrected chi connectivity index (χ2v) is 4.50. The molecule has 1 aromatic carbocycles. The van der Waals surface area contributed by atoms with Crippen molar-refractivity contribution in [1.29, 1.82) is 0 Å². The molecule has 6 nitrogen and oxygen atoms in total. The molecular formula is C10H9BrN6. The molecule has 0 unspecified atom stereocenters. The third-order valence-electron chi connectivity index (χ3n) is 2.52. The number of nitrogens with zero attached hydrogens (tertiary/aromatic N) is 5. The summed E-state index contributed by atoms with van der Waals surface area (Å²) >= 11 is 3.40. The van der Waals surface area contributed by atoms with Gasteiger partial charge in [0, 0.05) is 13.1 Å². The number of aromatic nitrogens is 5. The Morgan fingerprint density at radius 1 is 1.29 bits per heavy atom. The molecule has 86 valence electrons. The standard InChI is InChI=1S/C10H9BrN6/c1-16-8-3-2-6(4-7(8)13-15-16)17-9(11)5-10(12)14-17/h2-5H,1H3,(H2,12,14). The second kappa shape index (κ2) is 3.56. The Morgan fingerprint density at radius 2 is 2.12 bits per heavy atom. The quantitative estimate of drug-likeness (QED) is 0.737. The van der Waals surface area contributed by atoms with Crippen molar-refractivity contribution >= 4 is 32.8 Å². The Hall–Kier alpha value is -1.89. The van der Waals surface area contributed by atoms with Gasteiger partial charge in [-0.05, 0) is 34.1 Å². The van der Waals surface area contributed by atoms with Crippen LogP contribution in [0.25, 0.3) is 16.7 Å². The summed E-state index contributed by atoms with van der Waals surface area (Å²) in [4.78, 5) is 0. The number of rotatable bonds is 1. The van der Waals surface area contributed by atoms with E-state index in [1.54, 1.807) is 15.4 Å². The minimum Gasteiger partial charge on any atom is -0.382 e. The monoisotopic (exact) mass is 292 g/mol. The maximum atomic E-state index is 5.64. The first-order valence-electron chi connectivity index (χ1n) is 4.96. The van der Waals surface area contributed by atoms with Crippen molar-refractivity contribution in [1.82, 2.24) is 24.8 Å². The average molecular weight is 293 g/mol. The van der Waals surface area contributed by atoms with Gasteiger partial charge in [-0.15, -0.1) is 10.2 Å². The number of aryl methyl sites for hydroxylation is 1. The predicted molar refractivity (Wildman–Crippen MR) is 67.7 cm³/mol. The summed E-state index contributed by atoms with van der Waals surface area (Å²) in [6.07, 6.45) is 0. The third-order valence-corrected chi connectivity index (χ3v) is 3.09. The zero-order valence-electron chi connectivity index (χ0n) is 9.00. The molecule has 2 heterocycles. The highest BCUT2D eigenvalue weighted by molar-refractivity contribution is 9.10. The van der Waals surface area contributed by atoms with Gasteiger partial charge in [-0.2, -0.15) is 0 Å². The maximum absolute atomic E-state index is 5.64. The van der Waals surface area contributed by atoms with Crippen LogP contribution in [-0.2, 0) is 7.05 Å². The summed E-state index contributed by atoms with van der Waals surface area (Å²) in [5.74, 6) is 0.469. The molecule has 0 spiro atoms. The lowest BCUT2D eigenvalue weighted by Gasteiger charge is -2.02. The molecule has 0 aliphatic carbocycles. The summed E-state index contributed by atoms with van der Waals surface area (Å²) in [5.41, 5.74) is 8.33. The molecule has 3 rings (SSSR count). The van der Waals surface area contributed by atoms with E-state index < -0.39 is 0 Å². The summed E-state index contributed by atoms with van der Waals surface area (Å²) in [7, 11) is 1.86. The minimum absolute atomic E-state index is 0.469. The van der Waals surface area contributed by atoms with E-state index in [0.717, 1.165) is 21.3 Å². The second-order valence-electron chi connectivity index (χ2n) is 3.69. The zero-order valence-corrected chi connectivity index (χ0v) is 10.6. The van der Waals surface area contributed by atoms with Crippen LogP contribution in [0.4, 0.5) is 5.82 Å². The van der Waals surface area contributed by atoms with Crippen LogP contribution in [0, 0.1) is 0 Å². The molecule has 17 heavy (non-hydrogen) atoms. The Morgan fingerprint density at radius 3 is 2.82 bits per heavy atom. The van der Waals surface area contributed by atoms with Gasteiger partial charge in [0.25, 0.3) is 0 Å². The molecule has 0 aliphatic rings. The van der Waals surface area contributed by atoms with Gasteiger partial charge >= 0.3 is 0 Å². The first kappa shape index (κ1) is 10.3. The van der Waals surface area contributed by atoms with Crippen LogP contribution in [0.3, 0.4) is 0 Å². The normalized spacial score (nSPS) is 11.2. The van der Waals surface area contributed by atoms with Crippen LogP contribution in [0.2, 0.25) is 0 Å². The number of hydrogen-bond acceptors (Lipinski definition) is 4. The van der Waals surface area contributed by atoms with Gasteiger partial charge in [0.1, 0.15) is 15.9 Å². The molecular weight excluding hydrogens is 284 g/mol. The highest BCUT2D eigenvalue weighted by Gasteiger charge is 2.08. The lowest BCUT2D eigenvalue weighted by molar-refractivity contribution is 0.736. The van der Waals surface area contributed by atoms with E-state index in [2.05, 4.69) is 31.3 Å². The van der Waals surface area contributed by atoms with Crippen molar-refractivity contribution < 1.29 is 0 Å². The molecule has 0 saturated heterocycles. The molecule has 0 saturated carbocycles. The van der Waals surface area contributed by atoms with Crippen LogP contribution in [0.1, 0.15) is 0 Å². The van der Waals surface area contributed by atoms with Crippen LogP contribution < -0.4 is 5.73 Å². The predicted octanol–water partition coefficient (Wildman–Crippen LogP) is 1.50. The first-order chi connectivity index (χ1) is 8.15. The summed E-state index contributed by atoms with van der Waals surface area (Å²) < 4.78 is 4.24. The zero-order chi connectivity index (χ0) is 12.0. The number of nitrogen functional groups attached to an aromatic ring is 1. The lowest BCUT2D eigenvalue weighted by atomic mass is 10.3. The smallest absolute Gasteiger partial charge is 0.147 e. The van der Waals surface area contributed by atoms with Crippen molar-refractivity contribution in [2.75, 3.05) is 5.73 Å². The molecule has 2 aromatic heterocycles. The van der Waals surface area contributed by atoms with E-state index in [9.17, 15) is 0 Å². The molecule has 3 aromatic rings. The Labute approximate surface area is 105 Å². The number of benzene rings is 1. The van der Waals surface area contributed by atoms with E-state index in [0.29, 0.717) is 5.82 Å². The molecule has 0 fully saturated rings. The molecule has 0 atom stereocenters. The third kappa shape index (κ3) is 1.59. The fraction of sp³-hybridized carbons (Fsp3) is 0.100.